The first-order chi connectivity index (χ1) is 6.13. The highest BCUT2D eigenvalue weighted by Crippen LogP contribution is 2.10. The summed E-state index contributed by atoms with van der Waals surface area (Å²) >= 11 is 3.38. The molecule has 1 aliphatic heterocycles. The number of alkyl halides is 1. The largest absolute Gasteiger partial charge is 0.297 e. The van der Waals surface area contributed by atoms with Crippen LogP contribution in [-0.2, 0) is 10.8 Å². The van der Waals surface area contributed by atoms with E-state index >= 15 is 0 Å². The van der Waals surface area contributed by atoms with Gasteiger partial charge in [-0.2, -0.15) is 0 Å². The molecule has 0 spiro atoms. The maximum Gasteiger partial charge on any atom is 0.0447 e. The second-order valence-corrected chi connectivity index (χ2v) is 6.05. The topological polar surface area (TPSA) is 20.3 Å². The molecule has 1 saturated heterocycles. The van der Waals surface area contributed by atoms with Crippen molar-refractivity contribution in [3.05, 3.63) is 12.2 Å². The summed E-state index contributed by atoms with van der Waals surface area (Å²) in [5.41, 5.74) is 1.19. The number of rotatable bonds is 3. The van der Waals surface area contributed by atoms with Crippen molar-refractivity contribution >= 4 is 26.7 Å². The molecule has 1 fully saturated rings. The molecule has 0 aliphatic carbocycles. The Balaban J connectivity index is 2.37. The predicted octanol–water partition coefficient (Wildman–Crippen LogP) is 1.39. The van der Waals surface area contributed by atoms with Gasteiger partial charge < -0.3 is 0 Å². The van der Waals surface area contributed by atoms with Gasteiger partial charge in [0.2, 0.25) is 0 Å². The number of hydrogen-bond donors (Lipinski definition) is 0. The summed E-state index contributed by atoms with van der Waals surface area (Å²) in [7, 11) is -0.605. The molecule has 2 atom stereocenters. The highest BCUT2D eigenvalue weighted by atomic mass is 79.9. The molecule has 0 bridgehead atoms. The van der Waals surface area contributed by atoms with Gasteiger partial charge in [0.15, 0.2) is 0 Å². The van der Waals surface area contributed by atoms with E-state index in [0.717, 1.165) is 30.7 Å². The number of hydrogen-bond acceptors (Lipinski definition) is 2. The summed E-state index contributed by atoms with van der Waals surface area (Å²) in [5.74, 6) is 0.816. The zero-order chi connectivity index (χ0) is 9.84. The Morgan fingerprint density at radius 3 is 3.00 bits per heavy atom. The molecule has 0 aromatic carbocycles. The maximum absolute atomic E-state index is 11.3. The Labute approximate surface area is 91.0 Å². The third-order valence-corrected chi connectivity index (χ3v) is 4.63. The Morgan fingerprint density at radius 1 is 1.77 bits per heavy atom. The first-order valence-electron chi connectivity index (χ1n) is 4.45. The van der Waals surface area contributed by atoms with E-state index in [1.54, 1.807) is 0 Å². The van der Waals surface area contributed by atoms with Crippen LogP contribution in [0.3, 0.4) is 0 Å². The van der Waals surface area contributed by atoms with Crippen LogP contribution in [0.4, 0.5) is 0 Å². The van der Waals surface area contributed by atoms with E-state index in [4.69, 9.17) is 0 Å². The summed E-state index contributed by atoms with van der Waals surface area (Å²) in [5, 5.41) is 1.18. The molecule has 76 valence electrons. The first-order valence-corrected chi connectivity index (χ1v) is 6.96. The van der Waals surface area contributed by atoms with E-state index in [1.165, 1.54) is 5.57 Å². The van der Waals surface area contributed by atoms with Crippen LogP contribution >= 0.6 is 15.9 Å². The first kappa shape index (κ1) is 11.4. The Kier molecular flexibility index (Phi) is 4.62. The molecular weight excluding hydrogens is 250 g/mol. The van der Waals surface area contributed by atoms with Crippen molar-refractivity contribution < 1.29 is 4.21 Å². The average Bonchev–Trinajstić information content (AvgIpc) is 2.11. The minimum Gasteiger partial charge on any atom is -0.297 e. The lowest BCUT2D eigenvalue weighted by atomic mass is 10.3. The van der Waals surface area contributed by atoms with Crippen molar-refractivity contribution in [2.45, 2.75) is 12.2 Å². The minimum absolute atomic E-state index is 0.317. The highest BCUT2D eigenvalue weighted by Gasteiger charge is 2.21. The molecule has 0 aromatic rings. The van der Waals surface area contributed by atoms with Crippen LogP contribution in [0.2, 0.25) is 0 Å². The quantitative estimate of drug-likeness (QED) is 0.568. The van der Waals surface area contributed by atoms with Gasteiger partial charge in [-0.15, -0.1) is 0 Å². The van der Waals surface area contributed by atoms with Crippen LogP contribution in [0, 0.1) is 0 Å². The Bertz CT molecular complexity index is 220. The van der Waals surface area contributed by atoms with Gasteiger partial charge in [0, 0.05) is 46.8 Å². The zero-order valence-electron chi connectivity index (χ0n) is 7.96. The normalized spacial score (nSPS) is 30.3. The predicted molar refractivity (Wildman–Crippen MR) is 61.8 cm³/mol. The maximum atomic E-state index is 11.3. The van der Waals surface area contributed by atoms with Crippen molar-refractivity contribution in [3.8, 4) is 0 Å². The fraction of sp³-hybridized carbons (Fsp3) is 0.778. The Hall–Kier alpha value is 0.330. The fourth-order valence-corrected chi connectivity index (χ4v) is 2.86. The molecule has 4 heteroatoms. The van der Waals surface area contributed by atoms with Crippen LogP contribution in [-0.4, -0.2) is 45.1 Å². The molecule has 1 rings (SSSR count). The molecule has 2 nitrogen and oxygen atoms in total. The molecule has 1 aliphatic rings. The van der Waals surface area contributed by atoms with Gasteiger partial charge in [0.25, 0.3) is 0 Å². The third kappa shape index (κ3) is 3.52. The summed E-state index contributed by atoms with van der Waals surface area (Å²) in [4.78, 5) is 2.33. The van der Waals surface area contributed by atoms with Gasteiger partial charge in [0.1, 0.15) is 0 Å². The molecule has 0 radical (unpaired) electrons. The van der Waals surface area contributed by atoms with Crippen LogP contribution < -0.4 is 0 Å². The average molecular weight is 266 g/mol. The summed E-state index contributed by atoms with van der Waals surface area (Å²) in [6.07, 6.45) is 0. The molecule has 0 amide bonds. The van der Waals surface area contributed by atoms with E-state index in [0.29, 0.717) is 5.25 Å². The highest BCUT2D eigenvalue weighted by molar-refractivity contribution is 9.09. The molecule has 0 saturated carbocycles. The lowest BCUT2D eigenvalue weighted by molar-refractivity contribution is 0.306. The lowest BCUT2D eigenvalue weighted by Crippen LogP contribution is -2.43. The van der Waals surface area contributed by atoms with Gasteiger partial charge in [-0.25, -0.2) is 0 Å². The van der Waals surface area contributed by atoms with Crippen molar-refractivity contribution in [3.63, 3.8) is 0 Å². The van der Waals surface area contributed by atoms with Crippen molar-refractivity contribution in [1.29, 1.82) is 0 Å². The number of halogens is 1. The molecule has 0 aromatic heterocycles. The molecule has 13 heavy (non-hydrogen) atoms. The van der Waals surface area contributed by atoms with Crippen molar-refractivity contribution in [1.82, 2.24) is 4.90 Å². The smallest absolute Gasteiger partial charge is 0.0447 e. The van der Waals surface area contributed by atoms with E-state index in [9.17, 15) is 4.21 Å². The van der Waals surface area contributed by atoms with Crippen LogP contribution in [0.1, 0.15) is 6.92 Å². The summed E-state index contributed by atoms with van der Waals surface area (Å²) in [6.45, 7) is 8.83. The summed E-state index contributed by atoms with van der Waals surface area (Å²) < 4.78 is 11.3. The van der Waals surface area contributed by atoms with E-state index in [2.05, 4.69) is 34.3 Å². The molecule has 0 N–H and O–H groups in total. The fourth-order valence-electron chi connectivity index (χ4n) is 1.46. The molecule has 1 heterocycles. The van der Waals surface area contributed by atoms with Gasteiger partial charge in [-0.3, -0.25) is 9.11 Å². The SMILES string of the molecule is C=C(CBr)CN1CCS(=O)C(C)C1. The van der Waals surface area contributed by atoms with E-state index in [-0.39, 0.29) is 0 Å². The van der Waals surface area contributed by atoms with Crippen LogP contribution in [0.15, 0.2) is 12.2 Å². The molecule has 2 unspecified atom stereocenters. The second-order valence-electron chi connectivity index (χ2n) is 3.51. The third-order valence-electron chi connectivity index (χ3n) is 2.21. The minimum atomic E-state index is -0.605. The van der Waals surface area contributed by atoms with Crippen LogP contribution in [0.25, 0.3) is 0 Å². The lowest BCUT2D eigenvalue weighted by Gasteiger charge is -2.30. The van der Waals surface area contributed by atoms with Crippen molar-refractivity contribution in [2.75, 3.05) is 30.7 Å². The standard InChI is InChI=1S/C9H16BrNOS/c1-8(5-10)6-11-3-4-13(12)9(2)7-11/h9H,1,3-7H2,2H3. The zero-order valence-corrected chi connectivity index (χ0v) is 10.4. The summed E-state index contributed by atoms with van der Waals surface area (Å²) in [6, 6.07) is 0. The second kappa shape index (κ2) is 5.27. The van der Waals surface area contributed by atoms with E-state index < -0.39 is 10.8 Å². The molecular formula is C9H16BrNOS. The van der Waals surface area contributed by atoms with Gasteiger partial charge in [0.05, 0.1) is 0 Å². The van der Waals surface area contributed by atoms with Gasteiger partial charge >= 0.3 is 0 Å². The Morgan fingerprint density at radius 2 is 2.46 bits per heavy atom. The monoisotopic (exact) mass is 265 g/mol. The van der Waals surface area contributed by atoms with Crippen LogP contribution in [0.5, 0.6) is 0 Å². The van der Waals surface area contributed by atoms with Crippen molar-refractivity contribution in [2.24, 2.45) is 0 Å². The van der Waals surface area contributed by atoms with Gasteiger partial charge in [-0.1, -0.05) is 28.1 Å². The number of nitrogens with zero attached hydrogens (tertiary/aromatic N) is 1. The van der Waals surface area contributed by atoms with Gasteiger partial charge in [-0.05, 0) is 6.92 Å². The van der Waals surface area contributed by atoms with E-state index in [1.807, 2.05) is 0 Å².